The highest BCUT2D eigenvalue weighted by molar-refractivity contribution is 6.31. The fourth-order valence-electron chi connectivity index (χ4n) is 2.48. The van der Waals surface area contributed by atoms with Gasteiger partial charge in [0.2, 0.25) is 0 Å². The van der Waals surface area contributed by atoms with Crippen LogP contribution in [0, 0.1) is 5.82 Å². The maximum atomic E-state index is 14.1. The first-order valence-corrected chi connectivity index (χ1v) is 8.29. The molecule has 2 aromatic carbocycles. The Labute approximate surface area is 152 Å². The molecule has 0 unspecified atom stereocenters. The molecule has 4 nitrogen and oxygen atoms in total. The van der Waals surface area contributed by atoms with E-state index in [4.69, 9.17) is 21.1 Å². The molecule has 0 saturated carbocycles. The monoisotopic (exact) mass is 365 g/mol. The van der Waals surface area contributed by atoms with Gasteiger partial charge in [-0.2, -0.15) is 0 Å². The van der Waals surface area contributed by atoms with Gasteiger partial charge in [0.25, 0.3) is 5.91 Å². The number of benzene rings is 2. The summed E-state index contributed by atoms with van der Waals surface area (Å²) in [5.74, 6) is -0.286. The van der Waals surface area contributed by atoms with Crippen molar-refractivity contribution in [3.05, 3.63) is 64.4 Å². The Morgan fingerprint density at radius 3 is 2.72 bits per heavy atom. The molecule has 0 N–H and O–H groups in total. The van der Waals surface area contributed by atoms with Gasteiger partial charge in [0, 0.05) is 31.8 Å². The molecule has 0 heterocycles. The average molecular weight is 366 g/mol. The van der Waals surface area contributed by atoms with Crippen molar-refractivity contribution < 1.29 is 18.7 Å². The molecule has 2 aromatic rings. The summed E-state index contributed by atoms with van der Waals surface area (Å²) in [5.41, 5.74) is 0.861. The fourth-order valence-corrected chi connectivity index (χ4v) is 2.65. The molecule has 25 heavy (non-hydrogen) atoms. The first kappa shape index (κ1) is 19.2. The molecule has 0 atom stereocenters. The van der Waals surface area contributed by atoms with Gasteiger partial charge in [-0.3, -0.25) is 4.79 Å². The van der Waals surface area contributed by atoms with Crippen LogP contribution in [-0.2, 0) is 11.3 Å². The zero-order valence-electron chi connectivity index (χ0n) is 14.3. The van der Waals surface area contributed by atoms with Crippen LogP contribution < -0.4 is 4.74 Å². The third-order valence-electron chi connectivity index (χ3n) is 3.73. The number of hydrogen-bond donors (Lipinski definition) is 0. The molecule has 0 bridgehead atoms. The zero-order chi connectivity index (χ0) is 18.2. The van der Waals surface area contributed by atoms with E-state index in [1.807, 2.05) is 24.3 Å². The molecule has 134 valence electrons. The number of methoxy groups -OCH3 is 2. The van der Waals surface area contributed by atoms with Gasteiger partial charge in [-0.1, -0.05) is 23.7 Å². The number of carbonyl (C=O) groups excluding carboxylic acids is 1. The highest BCUT2D eigenvalue weighted by Gasteiger charge is 2.20. The lowest BCUT2D eigenvalue weighted by Gasteiger charge is -2.23. The second-order valence-corrected chi connectivity index (χ2v) is 5.99. The Morgan fingerprint density at radius 2 is 2.00 bits per heavy atom. The van der Waals surface area contributed by atoms with E-state index in [1.165, 1.54) is 18.2 Å². The number of carbonyl (C=O) groups is 1. The van der Waals surface area contributed by atoms with Gasteiger partial charge in [-0.25, -0.2) is 4.39 Å². The van der Waals surface area contributed by atoms with E-state index >= 15 is 0 Å². The normalized spacial score (nSPS) is 10.6. The second-order valence-electron chi connectivity index (χ2n) is 5.55. The Bertz CT molecular complexity index is 724. The highest BCUT2D eigenvalue weighted by Crippen LogP contribution is 2.20. The quantitative estimate of drug-likeness (QED) is 0.659. The van der Waals surface area contributed by atoms with Crippen LogP contribution in [0.3, 0.4) is 0 Å². The van der Waals surface area contributed by atoms with Crippen molar-refractivity contribution in [1.82, 2.24) is 4.90 Å². The van der Waals surface area contributed by atoms with Gasteiger partial charge in [0.1, 0.15) is 11.6 Å². The van der Waals surface area contributed by atoms with E-state index < -0.39 is 11.7 Å². The molecule has 0 aliphatic heterocycles. The van der Waals surface area contributed by atoms with Crippen molar-refractivity contribution in [3.63, 3.8) is 0 Å². The smallest absolute Gasteiger partial charge is 0.257 e. The van der Waals surface area contributed by atoms with E-state index in [0.717, 1.165) is 5.56 Å². The van der Waals surface area contributed by atoms with E-state index in [1.54, 1.807) is 19.1 Å². The number of halogens is 2. The van der Waals surface area contributed by atoms with E-state index in [-0.39, 0.29) is 5.56 Å². The molecule has 6 heteroatoms. The van der Waals surface area contributed by atoms with Gasteiger partial charge in [-0.15, -0.1) is 0 Å². The molecule has 0 spiro atoms. The van der Waals surface area contributed by atoms with Crippen LogP contribution in [-0.4, -0.2) is 38.2 Å². The topological polar surface area (TPSA) is 38.8 Å². The third-order valence-corrected chi connectivity index (χ3v) is 3.97. The predicted octanol–water partition coefficient (Wildman–Crippen LogP) is 4.17. The molecular formula is C19H21ClFNO3. The van der Waals surface area contributed by atoms with Crippen molar-refractivity contribution in [1.29, 1.82) is 0 Å². The van der Waals surface area contributed by atoms with Crippen molar-refractivity contribution >= 4 is 17.5 Å². The van der Waals surface area contributed by atoms with Gasteiger partial charge in [0.15, 0.2) is 0 Å². The zero-order valence-corrected chi connectivity index (χ0v) is 15.1. The summed E-state index contributed by atoms with van der Waals surface area (Å²) in [6.45, 7) is 1.29. The summed E-state index contributed by atoms with van der Waals surface area (Å²) in [6, 6.07) is 11.4. The van der Waals surface area contributed by atoms with Crippen LogP contribution in [0.4, 0.5) is 4.39 Å². The number of hydrogen-bond acceptors (Lipinski definition) is 3. The summed E-state index contributed by atoms with van der Waals surface area (Å²) in [6.07, 6.45) is 0.647. The van der Waals surface area contributed by atoms with Crippen molar-refractivity contribution in [2.75, 3.05) is 27.4 Å². The molecule has 0 aliphatic rings. The van der Waals surface area contributed by atoms with Gasteiger partial charge in [0.05, 0.1) is 12.7 Å². The first-order chi connectivity index (χ1) is 12.0. The van der Waals surface area contributed by atoms with Crippen LogP contribution in [0.2, 0.25) is 5.02 Å². The standard InChI is InChI=1S/C19H21ClFNO3/c1-24-10-4-9-22(13-14-5-3-6-16(11-14)25-2)19(23)17-12-15(20)7-8-18(17)21/h3,5-8,11-12H,4,9-10,13H2,1-2H3. The minimum atomic E-state index is -0.586. The Hall–Kier alpha value is -2.11. The molecule has 0 aliphatic carbocycles. The number of nitrogens with zero attached hydrogens (tertiary/aromatic N) is 1. The van der Waals surface area contributed by atoms with Gasteiger partial charge < -0.3 is 14.4 Å². The van der Waals surface area contributed by atoms with Crippen molar-refractivity contribution in [2.24, 2.45) is 0 Å². The summed E-state index contributed by atoms with van der Waals surface area (Å²) >= 11 is 5.92. The molecular weight excluding hydrogens is 345 g/mol. The predicted molar refractivity (Wildman–Crippen MR) is 95.6 cm³/mol. The maximum Gasteiger partial charge on any atom is 0.257 e. The molecule has 0 aromatic heterocycles. The second kappa shape index (κ2) is 9.39. The van der Waals surface area contributed by atoms with Crippen LogP contribution in [0.5, 0.6) is 5.75 Å². The molecule has 2 rings (SSSR count). The van der Waals surface area contributed by atoms with E-state index in [2.05, 4.69) is 0 Å². The largest absolute Gasteiger partial charge is 0.497 e. The van der Waals surface area contributed by atoms with E-state index in [0.29, 0.717) is 36.9 Å². The molecule has 0 fully saturated rings. The lowest BCUT2D eigenvalue weighted by molar-refractivity contribution is 0.0719. The molecule has 1 amide bonds. The van der Waals surface area contributed by atoms with Crippen molar-refractivity contribution in [3.8, 4) is 5.75 Å². The van der Waals surface area contributed by atoms with Crippen LogP contribution in [0.25, 0.3) is 0 Å². The third kappa shape index (κ3) is 5.44. The SMILES string of the molecule is COCCCN(Cc1cccc(OC)c1)C(=O)c1cc(Cl)ccc1F. The lowest BCUT2D eigenvalue weighted by atomic mass is 10.1. The Morgan fingerprint density at radius 1 is 1.20 bits per heavy atom. The first-order valence-electron chi connectivity index (χ1n) is 7.91. The number of amides is 1. The van der Waals surface area contributed by atoms with Crippen LogP contribution in [0.1, 0.15) is 22.3 Å². The number of rotatable bonds is 8. The maximum absolute atomic E-state index is 14.1. The van der Waals surface area contributed by atoms with Gasteiger partial charge in [-0.05, 0) is 42.3 Å². The van der Waals surface area contributed by atoms with Crippen LogP contribution >= 0.6 is 11.6 Å². The Kier molecular flexibility index (Phi) is 7.22. The fraction of sp³-hybridized carbons (Fsp3) is 0.316. The summed E-state index contributed by atoms with van der Waals surface area (Å²) < 4.78 is 24.3. The minimum absolute atomic E-state index is 0.0344. The molecule has 0 saturated heterocycles. The summed E-state index contributed by atoms with van der Waals surface area (Å²) in [7, 11) is 3.19. The van der Waals surface area contributed by atoms with Crippen LogP contribution in [0.15, 0.2) is 42.5 Å². The number of ether oxygens (including phenoxy) is 2. The molecule has 0 radical (unpaired) electrons. The van der Waals surface area contributed by atoms with Crippen molar-refractivity contribution in [2.45, 2.75) is 13.0 Å². The lowest BCUT2D eigenvalue weighted by Crippen LogP contribution is -2.32. The van der Waals surface area contributed by atoms with E-state index in [9.17, 15) is 9.18 Å². The Balaban J connectivity index is 2.24. The average Bonchev–Trinajstić information content (AvgIpc) is 2.62. The summed E-state index contributed by atoms with van der Waals surface area (Å²) in [5, 5.41) is 0.322. The summed E-state index contributed by atoms with van der Waals surface area (Å²) in [4.78, 5) is 14.4. The minimum Gasteiger partial charge on any atom is -0.497 e. The van der Waals surface area contributed by atoms with Gasteiger partial charge >= 0.3 is 0 Å². The highest BCUT2D eigenvalue weighted by atomic mass is 35.5.